The maximum atomic E-state index is 13.0. The van der Waals surface area contributed by atoms with Gasteiger partial charge in [-0.15, -0.1) is 0 Å². The summed E-state index contributed by atoms with van der Waals surface area (Å²) in [7, 11) is 0. The normalized spacial score (nSPS) is 20.1. The molecule has 168 valence electrons. The van der Waals surface area contributed by atoms with Gasteiger partial charge in [0, 0.05) is 18.8 Å². The Kier molecular flexibility index (Phi) is 8.00. The van der Waals surface area contributed by atoms with E-state index in [1.807, 2.05) is 23.1 Å². The summed E-state index contributed by atoms with van der Waals surface area (Å²) < 4.78 is 5.08. The SMILES string of the molecule is CCOC(=O)C1CCN(CC(=O)N2CCNC(=O)[C@@H]2CC(=O)Nc2ccccc2)CC1. The smallest absolute Gasteiger partial charge is 0.309 e. The van der Waals surface area contributed by atoms with Crippen molar-refractivity contribution >= 4 is 29.4 Å². The van der Waals surface area contributed by atoms with Gasteiger partial charge >= 0.3 is 5.97 Å². The standard InChI is InChI=1S/C22H30N4O5/c1-2-31-22(30)16-8-11-25(12-9-16)15-20(28)26-13-10-23-21(29)18(26)14-19(27)24-17-6-4-3-5-7-17/h3-7,16,18H,2,8-15H2,1H3,(H,23,29)(H,24,27)/t18-/m0/s1. The highest BCUT2D eigenvalue weighted by atomic mass is 16.5. The number of esters is 1. The van der Waals surface area contributed by atoms with Crippen molar-refractivity contribution in [1.29, 1.82) is 0 Å². The number of hydrogen-bond acceptors (Lipinski definition) is 6. The zero-order chi connectivity index (χ0) is 22.2. The van der Waals surface area contributed by atoms with E-state index in [9.17, 15) is 19.2 Å². The van der Waals surface area contributed by atoms with Crippen LogP contribution in [0.15, 0.2) is 30.3 Å². The van der Waals surface area contributed by atoms with E-state index in [1.54, 1.807) is 19.1 Å². The predicted molar refractivity (Wildman–Crippen MR) is 114 cm³/mol. The zero-order valence-electron chi connectivity index (χ0n) is 17.8. The van der Waals surface area contributed by atoms with Gasteiger partial charge in [-0.05, 0) is 45.0 Å². The summed E-state index contributed by atoms with van der Waals surface area (Å²) in [6, 6.07) is 8.17. The van der Waals surface area contributed by atoms with Crippen LogP contribution < -0.4 is 10.6 Å². The van der Waals surface area contributed by atoms with Gasteiger partial charge in [-0.2, -0.15) is 0 Å². The summed E-state index contributed by atoms with van der Waals surface area (Å²) in [5.74, 6) is -1.11. The van der Waals surface area contributed by atoms with Gasteiger partial charge in [0.25, 0.3) is 0 Å². The van der Waals surface area contributed by atoms with Crippen LogP contribution in [-0.4, -0.2) is 78.9 Å². The number of piperidine rings is 1. The molecule has 3 amide bonds. The van der Waals surface area contributed by atoms with E-state index >= 15 is 0 Å². The number of piperazine rings is 1. The van der Waals surface area contributed by atoms with Crippen LogP contribution in [0.5, 0.6) is 0 Å². The molecule has 2 heterocycles. The maximum absolute atomic E-state index is 13.0. The molecule has 0 aromatic heterocycles. The number of amides is 3. The molecule has 2 N–H and O–H groups in total. The number of anilines is 1. The quantitative estimate of drug-likeness (QED) is 0.614. The minimum atomic E-state index is -0.831. The van der Waals surface area contributed by atoms with Crippen LogP contribution in [0.3, 0.4) is 0 Å². The van der Waals surface area contributed by atoms with Crippen molar-refractivity contribution in [2.45, 2.75) is 32.2 Å². The van der Waals surface area contributed by atoms with Crippen LogP contribution in [0.2, 0.25) is 0 Å². The molecule has 1 aromatic carbocycles. The predicted octanol–water partition coefficient (Wildman–Crippen LogP) is 0.617. The summed E-state index contributed by atoms with van der Waals surface area (Å²) >= 11 is 0. The molecule has 9 heteroatoms. The van der Waals surface area contributed by atoms with Crippen LogP contribution in [0.25, 0.3) is 0 Å². The second kappa shape index (κ2) is 10.9. The Morgan fingerprint density at radius 3 is 2.52 bits per heavy atom. The fourth-order valence-electron chi connectivity index (χ4n) is 3.99. The highest BCUT2D eigenvalue weighted by Gasteiger charge is 2.36. The lowest BCUT2D eigenvalue weighted by Gasteiger charge is -2.37. The third-order valence-electron chi connectivity index (χ3n) is 5.65. The molecule has 3 rings (SSSR count). The van der Waals surface area contributed by atoms with E-state index in [4.69, 9.17) is 4.74 Å². The molecule has 0 bridgehead atoms. The van der Waals surface area contributed by atoms with Gasteiger partial charge in [0.05, 0.1) is 25.5 Å². The summed E-state index contributed by atoms with van der Waals surface area (Å²) in [5, 5.41) is 5.51. The van der Waals surface area contributed by atoms with Gasteiger partial charge in [0.1, 0.15) is 6.04 Å². The van der Waals surface area contributed by atoms with Gasteiger partial charge in [-0.3, -0.25) is 24.1 Å². The highest BCUT2D eigenvalue weighted by Crippen LogP contribution is 2.19. The number of nitrogens with one attached hydrogen (secondary N) is 2. The molecule has 2 fully saturated rings. The molecular formula is C22H30N4O5. The largest absolute Gasteiger partial charge is 0.466 e. The first-order valence-corrected chi connectivity index (χ1v) is 10.8. The molecule has 2 saturated heterocycles. The van der Waals surface area contributed by atoms with Crippen molar-refractivity contribution in [2.24, 2.45) is 5.92 Å². The average molecular weight is 431 g/mol. The number of hydrogen-bond donors (Lipinski definition) is 2. The number of likely N-dealkylation sites (tertiary alicyclic amines) is 1. The van der Waals surface area contributed by atoms with Crippen molar-refractivity contribution in [3.63, 3.8) is 0 Å². The monoisotopic (exact) mass is 430 g/mol. The van der Waals surface area contributed by atoms with Crippen LogP contribution in [0.1, 0.15) is 26.2 Å². The molecule has 9 nitrogen and oxygen atoms in total. The first kappa shape index (κ1) is 22.7. The summed E-state index contributed by atoms with van der Waals surface area (Å²) in [4.78, 5) is 53.2. The third kappa shape index (κ3) is 6.27. The van der Waals surface area contributed by atoms with E-state index in [0.717, 1.165) is 0 Å². The molecule has 0 unspecified atom stereocenters. The van der Waals surface area contributed by atoms with Crippen molar-refractivity contribution in [3.05, 3.63) is 30.3 Å². The Balaban J connectivity index is 1.54. The highest BCUT2D eigenvalue weighted by molar-refractivity contribution is 5.97. The molecule has 31 heavy (non-hydrogen) atoms. The minimum absolute atomic E-state index is 0.0998. The van der Waals surface area contributed by atoms with Gasteiger partial charge in [-0.25, -0.2) is 0 Å². The number of carbonyl (C=O) groups is 4. The third-order valence-corrected chi connectivity index (χ3v) is 5.65. The van der Waals surface area contributed by atoms with E-state index in [1.165, 1.54) is 4.90 Å². The lowest BCUT2D eigenvalue weighted by Crippen LogP contribution is -2.59. The number of ether oxygens (including phenoxy) is 1. The summed E-state index contributed by atoms with van der Waals surface area (Å²) in [5.41, 5.74) is 0.645. The Morgan fingerprint density at radius 1 is 1.13 bits per heavy atom. The number of nitrogens with zero attached hydrogens (tertiary/aromatic N) is 2. The number of rotatable bonds is 7. The molecule has 0 spiro atoms. The van der Waals surface area contributed by atoms with Crippen LogP contribution in [0.4, 0.5) is 5.69 Å². The van der Waals surface area contributed by atoms with Crippen LogP contribution in [0, 0.1) is 5.92 Å². The number of benzene rings is 1. The molecule has 2 aliphatic heterocycles. The van der Waals surface area contributed by atoms with Crippen molar-refractivity contribution in [3.8, 4) is 0 Å². The Labute approximate surface area is 182 Å². The van der Waals surface area contributed by atoms with E-state index in [0.29, 0.717) is 51.3 Å². The molecule has 0 saturated carbocycles. The molecule has 2 aliphatic rings. The van der Waals surface area contributed by atoms with Gasteiger partial charge in [0.15, 0.2) is 0 Å². The van der Waals surface area contributed by atoms with E-state index < -0.39 is 6.04 Å². The second-order valence-electron chi connectivity index (χ2n) is 7.81. The van der Waals surface area contributed by atoms with Crippen molar-refractivity contribution < 1.29 is 23.9 Å². The van der Waals surface area contributed by atoms with Gasteiger partial charge in [0.2, 0.25) is 17.7 Å². The first-order valence-electron chi connectivity index (χ1n) is 10.8. The maximum Gasteiger partial charge on any atom is 0.309 e. The number of para-hydroxylation sites is 1. The van der Waals surface area contributed by atoms with E-state index in [-0.39, 0.29) is 42.6 Å². The number of carbonyl (C=O) groups excluding carboxylic acids is 4. The summed E-state index contributed by atoms with van der Waals surface area (Å²) in [6.45, 7) is 4.30. The Morgan fingerprint density at radius 2 is 1.84 bits per heavy atom. The molecule has 1 aromatic rings. The first-order chi connectivity index (χ1) is 15.0. The van der Waals surface area contributed by atoms with Gasteiger partial charge in [-0.1, -0.05) is 18.2 Å². The summed E-state index contributed by atoms with van der Waals surface area (Å²) in [6.07, 6.45) is 1.20. The van der Waals surface area contributed by atoms with Crippen LogP contribution in [-0.2, 0) is 23.9 Å². The molecule has 0 radical (unpaired) electrons. The zero-order valence-corrected chi connectivity index (χ0v) is 17.8. The molecule has 1 atom stereocenters. The van der Waals surface area contributed by atoms with Gasteiger partial charge < -0.3 is 20.3 Å². The van der Waals surface area contributed by atoms with Crippen LogP contribution >= 0.6 is 0 Å². The fraction of sp³-hybridized carbons (Fsp3) is 0.545. The lowest BCUT2D eigenvalue weighted by atomic mass is 9.97. The fourth-order valence-corrected chi connectivity index (χ4v) is 3.99. The Hall–Kier alpha value is -2.94. The lowest BCUT2D eigenvalue weighted by molar-refractivity contribution is -0.150. The Bertz CT molecular complexity index is 792. The minimum Gasteiger partial charge on any atom is -0.466 e. The topological polar surface area (TPSA) is 108 Å². The van der Waals surface area contributed by atoms with Crippen molar-refractivity contribution in [2.75, 3.05) is 44.6 Å². The molecule has 0 aliphatic carbocycles. The molecular weight excluding hydrogens is 400 g/mol. The average Bonchev–Trinajstić information content (AvgIpc) is 2.76. The second-order valence-corrected chi connectivity index (χ2v) is 7.81. The van der Waals surface area contributed by atoms with Crippen molar-refractivity contribution in [1.82, 2.24) is 15.1 Å². The van der Waals surface area contributed by atoms with E-state index in [2.05, 4.69) is 10.6 Å².